The molecule has 0 unspecified atom stereocenters. The van der Waals surface area contributed by atoms with Crippen LogP contribution in [-0.4, -0.2) is 24.3 Å². The minimum Gasteiger partial charge on any atom is -0.366 e. The summed E-state index contributed by atoms with van der Waals surface area (Å²) in [6.07, 6.45) is 2.26. The lowest BCUT2D eigenvalue weighted by atomic mass is 10.1. The summed E-state index contributed by atoms with van der Waals surface area (Å²) in [6.45, 7) is 2.49. The molecule has 0 spiro atoms. The fourth-order valence-corrected chi connectivity index (χ4v) is 3.23. The second-order valence-electron chi connectivity index (χ2n) is 6.75. The minimum atomic E-state index is -0.519. The van der Waals surface area contributed by atoms with Crippen LogP contribution in [0.1, 0.15) is 35.7 Å². The van der Waals surface area contributed by atoms with E-state index >= 15 is 0 Å². The molecule has 1 fully saturated rings. The van der Waals surface area contributed by atoms with Crippen molar-refractivity contribution in [3.05, 3.63) is 59.7 Å². The van der Waals surface area contributed by atoms with Crippen molar-refractivity contribution in [3.8, 4) is 0 Å². The van der Waals surface area contributed by atoms with Gasteiger partial charge in [-0.1, -0.05) is 25.5 Å². The van der Waals surface area contributed by atoms with Crippen LogP contribution in [0.25, 0.3) is 0 Å². The van der Waals surface area contributed by atoms with Crippen LogP contribution in [0.4, 0.5) is 11.4 Å². The van der Waals surface area contributed by atoms with E-state index in [1.807, 2.05) is 24.3 Å². The summed E-state index contributed by atoms with van der Waals surface area (Å²) in [4.78, 5) is 37.6. The topological polar surface area (TPSA) is 92.5 Å². The molecule has 140 valence electrons. The van der Waals surface area contributed by atoms with Crippen molar-refractivity contribution in [1.82, 2.24) is 0 Å². The van der Waals surface area contributed by atoms with Gasteiger partial charge in [0.15, 0.2) is 0 Å². The van der Waals surface area contributed by atoms with E-state index in [1.54, 1.807) is 29.2 Å². The number of rotatable bonds is 6. The number of nitrogens with zero attached hydrogens (tertiary/aromatic N) is 1. The third-order valence-electron chi connectivity index (χ3n) is 4.72. The number of nitrogens with one attached hydrogen (secondary N) is 1. The fourth-order valence-electron chi connectivity index (χ4n) is 3.23. The van der Waals surface area contributed by atoms with Crippen LogP contribution in [0.5, 0.6) is 0 Å². The molecular weight excluding hydrogens is 342 g/mol. The second kappa shape index (κ2) is 8.03. The molecule has 1 saturated heterocycles. The van der Waals surface area contributed by atoms with E-state index in [0.29, 0.717) is 17.8 Å². The number of carbonyl (C=O) groups excluding carboxylic acids is 3. The first-order valence-electron chi connectivity index (χ1n) is 9.08. The maximum Gasteiger partial charge on any atom is 0.248 e. The lowest BCUT2D eigenvalue weighted by Crippen LogP contribution is -2.28. The van der Waals surface area contributed by atoms with E-state index in [1.165, 1.54) is 5.56 Å². The van der Waals surface area contributed by atoms with Gasteiger partial charge in [0, 0.05) is 29.9 Å². The van der Waals surface area contributed by atoms with E-state index in [-0.39, 0.29) is 18.2 Å². The molecule has 1 aliphatic heterocycles. The van der Waals surface area contributed by atoms with Gasteiger partial charge in [-0.05, 0) is 48.4 Å². The van der Waals surface area contributed by atoms with Crippen LogP contribution in [0, 0.1) is 5.92 Å². The van der Waals surface area contributed by atoms with Gasteiger partial charge >= 0.3 is 0 Å². The zero-order valence-electron chi connectivity index (χ0n) is 15.3. The normalized spacial score (nSPS) is 16.4. The number of hydrogen-bond donors (Lipinski definition) is 2. The van der Waals surface area contributed by atoms with Crippen LogP contribution >= 0.6 is 0 Å². The Morgan fingerprint density at radius 2 is 1.78 bits per heavy atom. The van der Waals surface area contributed by atoms with Gasteiger partial charge < -0.3 is 16.0 Å². The average Bonchev–Trinajstić information content (AvgIpc) is 3.05. The molecule has 0 saturated carbocycles. The molecule has 1 aliphatic rings. The Morgan fingerprint density at radius 1 is 1.11 bits per heavy atom. The summed E-state index contributed by atoms with van der Waals surface area (Å²) >= 11 is 0. The van der Waals surface area contributed by atoms with Crippen molar-refractivity contribution in [1.29, 1.82) is 0 Å². The van der Waals surface area contributed by atoms with Crippen LogP contribution < -0.4 is 16.0 Å². The number of hydrogen-bond acceptors (Lipinski definition) is 3. The van der Waals surface area contributed by atoms with Crippen molar-refractivity contribution in [2.24, 2.45) is 11.7 Å². The van der Waals surface area contributed by atoms with E-state index in [4.69, 9.17) is 5.73 Å². The number of nitrogens with two attached hydrogens (primary N) is 1. The second-order valence-corrected chi connectivity index (χ2v) is 6.75. The Labute approximate surface area is 158 Å². The molecule has 0 bridgehead atoms. The zero-order chi connectivity index (χ0) is 19.4. The van der Waals surface area contributed by atoms with Gasteiger partial charge in [0.25, 0.3) is 0 Å². The molecule has 0 aliphatic carbocycles. The van der Waals surface area contributed by atoms with Crippen molar-refractivity contribution < 1.29 is 14.4 Å². The molecule has 2 aromatic rings. The van der Waals surface area contributed by atoms with Gasteiger partial charge in [-0.3, -0.25) is 14.4 Å². The Hall–Kier alpha value is -3.15. The van der Waals surface area contributed by atoms with E-state index < -0.39 is 11.8 Å². The number of primary amides is 1. The summed E-state index contributed by atoms with van der Waals surface area (Å²) in [5, 5.41) is 2.80. The molecule has 3 N–H and O–H groups in total. The Kier molecular flexibility index (Phi) is 5.54. The molecule has 2 aromatic carbocycles. The molecule has 6 nitrogen and oxygen atoms in total. The molecule has 0 radical (unpaired) electrons. The maximum absolute atomic E-state index is 12.5. The number of benzene rings is 2. The first-order chi connectivity index (χ1) is 13.0. The highest BCUT2D eigenvalue weighted by Crippen LogP contribution is 2.26. The first-order valence-corrected chi connectivity index (χ1v) is 9.08. The van der Waals surface area contributed by atoms with Gasteiger partial charge in [-0.25, -0.2) is 0 Å². The van der Waals surface area contributed by atoms with Gasteiger partial charge in [0.2, 0.25) is 17.7 Å². The highest BCUT2D eigenvalue weighted by atomic mass is 16.2. The van der Waals surface area contributed by atoms with E-state index in [9.17, 15) is 14.4 Å². The highest BCUT2D eigenvalue weighted by molar-refractivity contribution is 6.03. The quantitative estimate of drug-likeness (QED) is 0.824. The van der Waals surface area contributed by atoms with Gasteiger partial charge in [-0.15, -0.1) is 0 Å². The zero-order valence-corrected chi connectivity index (χ0v) is 15.3. The predicted octanol–water partition coefficient (Wildman–Crippen LogP) is 2.73. The standard InChI is InChI=1S/C21H23N3O3/c1-2-3-14-4-10-18(11-5-14)24-13-16(12-19(24)25)21(27)23-17-8-6-15(7-9-17)20(22)26/h4-11,16H,2-3,12-13H2,1H3,(H2,22,26)(H,23,27)/t16-/m1/s1. The van der Waals surface area contributed by atoms with Crippen molar-refractivity contribution >= 4 is 29.1 Å². The lowest BCUT2D eigenvalue weighted by molar-refractivity contribution is -0.122. The predicted molar refractivity (Wildman–Crippen MR) is 104 cm³/mol. The smallest absolute Gasteiger partial charge is 0.248 e. The molecule has 1 atom stereocenters. The van der Waals surface area contributed by atoms with Crippen LogP contribution in [-0.2, 0) is 16.0 Å². The van der Waals surface area contributed by atoms with Gasteiger partial charge in [-0.2, -0.15) is 0 Å². The van der Waals surface area contributed by atoms with Crippen LogP contribution in [0.2, 0.25) is 0 Å². The number of anilines is 2. The van der Waals surface area contributed by atoms with Crippen molar-refractivity contribution in [2.75, 3.05) is 16.8 Å². The van der Waals surface area contributed by atoms with Crippen molar-refractivity contribution in [2.45, 2.75) is 26.2 Å². The van der Waals surface area contributed by atoms with Crippen molar-refractivity contribution in [3.63, 3.8) is 0 Å². The van der Waals surface area contributed by atoms with E-state index in [2.05, 4.69) is 12.2 Å². The molecule has 1 heterocycles. The summed E-state index contributed by atoms with van der Waals surface area (Å²) in [5.74, 6) is -1.19. The molecular formula is C21H23N3O3. The summed E-state index contributed by atoms with van der Waals surface area (Å²) in [7, 11) is 0. The lowest BCUT2D eigenvalue weighted by Gasteiger charge is -2.17. The summed E-state index contributed by atoms with van der Waals surface area (Å²) in [5.41, 5.74) is 8.21. The van der Waals surface area contributed by atoms with Crippen LogP contribution in [0.3, 0.4) is 0 Å². The highest BCUT2D eigenvalue weighted by Gasteiger charge is 2.35. The number of aryl methyl sites for hydroxylation is 1. The molecule has 3 amide bonds. The Morgan fingerprint density at radius 3 is 2.37 bits per heavy atom. The monoisotopic (exact) mass is 365 g/mol. The summed E-state index contributed by atoms with van der Waals surface area (Å²) < 4.78 is 0. The maximum atomic E-state index is 12.5. The van der Waals surface area contributed by atoms with Gasteiger partial charge in [0.05, 0.1) is 5.92 Å². The number of amides is 3. The third-order valence-corrected chi connectivity index (χ3v) is 4.72. The Balaban J connectivity index is 1.63. The molecule has 6 heteroatoms. The number of carbonyl (C=O) groups is 3. The SMILES string of the molecule is CCCc1ccc(N2C[C@H](C(=O)Nc3ccc(C(N)=O)cc3)CC2=O)cc1. The molecule has 3 rings (SSSR count). The van der Waals surface area contributed by atoms with Crippen LogP contribution in [0.15, 0.2) is 48.5 Å². The minimum absolute atomic E-state index is 0.0533. The van der Waals surface area contributed by atoms with E-state index in [0.717, 1.165) is 18.5 Å². The average molecular weight is 365 g/mol. The van der Waals surface area contributed by atoms with Gasteiger partial charge in [0.1, 0.15) is 0 Å². The largest absolute Gasteiger partial charge is 0.366 e. The fraction of sp³-hybridized carbons (Fsp3) is 0.286. The third kappa shape index (κ3) is 4.34. The molecule has 27 heavy (non-hydrogen) atoms. The Bertz CT molecular complexity index is 844. The first kappa shape index (κ1) is 18.6. The molecule has 0 aromatic heterocycles. The summed E-state index contributed by atoms with van der Waals surface area (Å²) in [6, 6.07) is 14.3.